The highest BCUT2D eigenvalue weighted by atomic mass is 35.5. The molecule has 0 aliphatic heterocycles. The monoisotopic (exact) mass is 301 g/mol. The summed E-state index contributed by atoms with van der Waals surface area (Å²) >= 11 is 5.99. The minimum atomic E-state index is 0.0760. The van der Waals surface area contributed by atoms with E-state index in [1.165, 1.54) is 5.56 Å². The van der Waals surface area contributed by atoms with Gasteiger partial charge in [-0.2, -0.15) is 0 Å². The largest absolute Gasteiger partial charge is 0.506 e. The average Bonchev–Trinajstić information content (AvgIpc) is 2.49. The summed E-state index contributed by atoms with van der Waals surface area (Å²) in [5, 5.41) is 10.4. The molecule has 0 amide bonds. The van der Waals surface area contributed by atoms with Crippen molar-refractivity contribution in [2.45, 2.75) is 33.1 Å². The Balaban J connectivity index is 2.39. The first-order valence-electron chi connectivity index (χ1n) is 7.15. The molecule has 110 valence electrons. The molecule has 21 heavy (non-hydrogen) atoms. The van der Waals surface area contributed by atoms with Gasteiger partial charge in [0, 0.05) is 11.8 Å². The highest BCUT2D eigenvalue weighted by molar-refractivity contribution is 6.32. The lowest BCUT2D eigenvalue weighted by molar-refractivity contribution is 0.474. The van der Waals surface area contributed by atoms with Crippen LogP contribution in [-0.4, -0.2) is 11.3 Å². The van der Waals surface area contributed by atoms with Gasteiger partial charge in [-0.05, 0) is 48.6 Å². The fourth-order valence-corrected chi connectivity index (χ4v) is 2.52. The molecule has 0 heterocycles. The first kappa shape index (κ1) is 15.6. The van der Waals surface area contributed by atoms with E-state index in [9.17, 15) is 5.11 Å². The number of aromatic hydroxyl groups is 1. The summed E-state index contributed by atoms with van der Waals surface area (Å²) in [7, 11) is 0. The zero-order valence-electron chi connectivity index (χ0n) is 12.6. The van der Waals surface area contributed by atoms with Gasteiger partial charge in [0.25, 0.3) is 0 Å². The SMILES string of the molecule is CC[C@H](C)c1ccccc1N=Cc1cc(C)cc(Cl)c1O. The van der Waals surface area contributed by atoms with Crippen LogP contribution < -0.4 is 0 Å². The van der Waals surface area contributed by atoms with Gasteiger partial charge < -0.3 is 5.11 Å². The highest BCUT2D eigenvalue weighted by Crippen LogP contribution is 2.31. The second-order valence-corrected chi connectivity index (χ2v) is 5.72. The lowest BCUT2D eigenvalue weighted by Crippen LogP contribution is -1.92. The summed E-state index contributed by atoms with van der Waals surface area (Å²) in [6, 6.07) is 11.7. The maximum atomic E-state index is 10.0. The lowest BCUT2D eigenvalue weighted by atomic mass is 9.97. The molecule has 2 nitrogen and oxygen atoms in total. The van der Waals surface area contributed by atoms with Crippen LogP contribution in [0, 0.1) is 6.92 Å². The van der Waals surface area contributed by atoms with Crippen LogP contribution in [0.1, 0.15) is 42.9 Å². The Morgan fingerprint density at radius 2 is 2.00 bits per heavy atom. The van der Waals surface area contributed by atoms with Crippen molar-refractivity contribution in [3.05, 3.63) is 58.1 Å². The molecule has 0 saturated carbocycles. The maximum absolute atomic E-state index is 10.0. The van der Waals surface area contributed by atoms with Crippen LogP contribution in [0.2, 0.25) is 5.02 Å². The molecule has 1 N–H and O–H groups in total. The molecular formula is C18H20ClNO. The van der Waals surface area contributed by atoms with E-state index in [1.807, 2.05) is 31.2 Å². The number of hydrogen-bond acceptors (Lipinski definition) is 2. The molecular weight excluding hydrogens is 282 g/mol. The molecule has 3 heteroatoms. The predicted molar refractivity (Wildman–Crippen MR) is 90.3 cm³/mol. The summed E-state index contributed by atoms with van der Waals surface area (Å²) in [5.41, 5.74) is 3.78. The number of phenolic OH excluding ortho intramolecular Hbond substituents is 1. The van der Waals surface area contributed by atoms with Gasteiger partial charge in [0.2, 0.25) is 0 Å². The molecule has 0 radical (unpaired) electrons. The maximum Gasteiger partial charge on any atom is 0.142 e. The number of phenols is 1. The quantitative estimate of drug-likeness (QED) is 0.731. The third-order valence-corrected chi connectivity index (χ3v) is 3.95. The first-order valence-corrected chi connectivity index (χ1v) is 7.52. The van der Waals surface area contributed by atoms with Gasteiger partial charge in [0.05, 0.1) is 10.7 Å². The van der Waals surface area contributed by atoms with E-state index in [2.05, 4.69) is 24.9 Å². The molecule has 0 unspecified atom stereocenters. The van der Waals surface area contributed by atoms with Crippen molar-refractivity contribution in [3.8, 4) is 5.75 Å². The van der Waals surface area contributed by atoms with E-state index < -0.39 is 0 Å². The van der Waals surface area contributed by atoms with Crippen LogP contribution in [0.3, 0.4) is 0 Å². The van der Waals surface area contributed by atoms with E-state index in [4.69, 9.17) is 11.6 Å². The molecule has 0 saturated heterocycles. The summed E-state index contributed by atoms with van der Waals surface area (Å²) in [4.78, 5) is 4.54. The van der Waals surface area contributed by atoms with Crippen LogP contribution in [0.15, 0.2) is 41.4 Å². The second kappa shape index (κ2) is 6.77. The molecule has 2 rings (SSSR count). The van der Waals surface area contributed by atoms with Crippen molar-refractivity contribution in [2.24, 2.45) is 4.99 Å². The van der Waals surface area contributed by atoms with Gasteiger partial charge in [-0.15, -0.1) is 0 Å². The molecule has 2 aromatic carbocycles. The minimum Gasteiger partial charge on any atom is -0.506 e. The van der Waals surface area contributed by atoms with E-state index in [1.54, 1.807) is 12.3 Å². The number of aryl methyl sites for hydroxylation is 1. The van der Waals surface area contributed by atoms with Crippen molar-refractivity contribution in [1.29, 1.82) is 0 Å². The number of nitrogens with zero attached hydrogens (tertiary/aromatic N) is 1. The summed E-state index contributed by atoms with van der Waals surface area (Å²) in [6.45, 7) is 6.29. The molecule has 0 aliphatic carbocycles. The molecule has 0 spiro atoms. The van der Waals surface area contributed by atoms with E-state index in [-0.39, 0.29) is 5.75 Å². The van der Waals surface area contributed by atoms with Crippen LogP contribution >= 0.6 is 11.6 Å². The van der Waals surface area contributed by atoms with E-state index in [0.29, 0.717) is 16.5 Å². The molecule has 0 fully saturated rings. The second-order valence-electron chi connectivity index (χ2n) is 5.31. The van der Waals surface area contributed by atoms with Gasteiger partial charge in [-0.3, -0.25) is 4.99 Å². The van der Waals surface area contributed by atoms with Crippen LogP contribution in [0.25, 0.3) is 0 Å². The summed E-state index contributed by atoms with van der Waals surface area (Å²) in [5.74, 6) is 0.528. The fraction of sp³-hybridized carbons (Fsp3) is 0.278. The van der Waals surface area contributed by atoms with Crippen LogP contribution in [-0.2, 0) is 0 Å². The minimum absolute atomic E-state index is 0.0760. The van der Waals surface area contributed by atoms with Gasteiger partial charge in [-0.1, -0.05) is 43.6 Å². The smallest absolute Gasteiger partial charge is 0.142 e. The van der Waals surface area contributed by atoms with Crippen LogP contribution in [0.4, 0.5) is 5.69 Å². The molecule has 1 atom stereocenters. The first-order chi connectivity index (χ1) is 10.0. The zero-order valence-corrected chi connectivity index (χ0v) is 13.4. The van der Waals surface area contributed by atoms with E-state index in [0.717, 1.165) is 17.7 Å². The Morgan fingerprint density at radius 3 is 2.71 bits per heavy atom. The Hall–Kier alpha value is -1.80. The fourth-order valence-electron chi connectivity index (χ4n) is 2.24. The van der Waals surface area contributed by atoms with Gasteiger partial charge in [-0.25, -0.2) is 0 Å². The van der Waals surface area contributed by atoms with Crippen molar-refractivity contribution < 1.29 is 5.11 Å². The highest BCUT2D eigenvalue weighted by Gasteiger charge is 2.08. The molecule has 0 aromatic heterocycles. The van der Waals surface area contributed by atoms with Crippen molar-refractivity contribution >= 4 is 23.5 Å². The summed E-state index contributed by atoms with van der Waals surface area (Å²) < 4.78 is 0. The third kappa shape index (κ3) is 3.64. The standard InChI is InChI=1S/C18H20ClNO/c1-4-13(3)15-7-5-6-8-17(15)20-11-14-9-12(2)10-16(19)18(14)21/h5-11,13,21H,4H2,1-3H3/t13-/m0/s1. The van der Waals surface area contributed by atoms with E-state index >= 15 is 0 Å². The number of para-hydroxylation sites is 1. The Kier molecular flexibility index (Phi) is 5.03. The lowest BCUT2D eigenvalue weighted by Gasteiger charge is -2.11. The molecule has 2 aromatic rings. The molecule has 0 bridgehead atoms. The summed E-state index contributed by atoms with van der Waals surface area (Å²) in [6.07, 6.45) is 2.74. The Bertz CT molecular complexity index is 664. The number of halogens is 1. The van der Waals surface area contributed by atoms with Crippen molar-refractivity contribution in [3.63, 3.8) is 0 Å². The number of rotatable bonds is 4. The van der Waals surface area contributed by atoms with Crippen LogP contribution in [0.5, 0.6) is 5.75 Å². The molecule has 0 aliphatic rings. The predicted octanol–water partition coefficient (Wildman–Crippen LogP) is 5.62. The number of hydrogen-bond donors (Lipinski definition) is 1. The average molecular weight is 302 g/mol. The van der Waals surface area contributed by atoms with Crippen molar-refractivity contribution in [1.82, 2.24) is 0 Å². The number of benzene rings is 2. The van der Waals surface area contributed by atoms with Gasteiger partial charge in [0.1, 0.15) is 5.75 Å². The normalized spacial score (nSPS) is 12.8. The zero-order chi connectivity index (χ0) is 15.4. The third-order valence-electron chi connectivity index (χ3n) is 3.66. The Morgan fingerprint density at radius 1 is 1.29 bits per heavy atom. The topological polar surface area (TPSA) is 32.6 Å². The van der Waals surface area contributed by atoms with Gasteiger partial charge in [0.15, 0.2) is 0 Å². The number of aliphatic imine (C=N–C) groups is 1. The van der Waals surface area contributed by atoms with Gasteiger partial charge >= 0.3 is 0 Å². The van der Waals surface area contributed by atoms with Crippen molar-refractivity contribution in [2.75, 3.05) is 0 Å². The Labute approximate surface area is 131 Å².